The lowest BCUT2D eigenvalue weighted by atomic mass is 9.98. The van der Waals surface area contributed by atoms with Crippen LogP contribution in [0.1, 0.15) is 18.1 Å². The summed E-state index contributed by atoms with van der Waals surface area (Å²) in [5, 5.41) is 7.26. The Bertz CT molecular complexity index is 966. The summed E-state index contributed by atoms with van der Waals surface area (Å²) in [4.78, 5) is 18.0. The van der Waals surface area contributed by atoms with E-state index in [1.165, 1.54) is 6.21 Å². The summed E-state index contributed by atoms with van der Waals surface area (Å²) < 4.78 is 15.8. The molecule has 1 unspecified atom stereocenters. The van der Waals surface area contributed by atoms with E-state index in [4.69, 9.17) is 19.7 Å². The van der Waals surface area contributed by atoms with Crippen molar-refractivity contribution in [2.24, 2.45) is 5.92 Å². The highest BCUT2D eigenvalue weighted by Crippen LogP contribution is 2.40. The molecule has 3 N–H and O–H groups in total. The quantitative estimate of drug-likeness (QED) is 0.506. The minimum absolute atomic E-state index is 0.0371. The second kappa shape index (κ2) is 7.89. The Kier molecular flexibility index (Phi) is 5.57. The van der Waals surface area contributed by atoms with Gasteiger partial charge < -0.3 is 9.93 Å². The topological polar surface area (TPSA) is 90.6 Å². The molecule has 2 aromatic rings. The molecule has 2 aromatic carbocycles. The number of benzene rings is 2. The van der Waals surface area contributed by atoms with Gasteiger partial charge in [-0.25, -0.2) is 4.57 Å². The van der Waals surface area contributed by atoms with Gasteiger partial charge >= 0.3 is 7.82 Å². The van der Waals surface area contributed by atoms with Crippen LogP contribution in [0.3, 0.4) is 0 Å². The molecule has 0 aromatic heterocycles. The van der Waals surface area contributed by atoms with Crippen LogP contribution >= 0.6 is 7.82 Å². The fourth-order valence-corrected chi connectivity index (χ4v) is 3.29. The smallest absolute Gasteiger partial charge is 0.405 e. The van der Waals surface area contributed by atoms with Gasteiger partial charge in [0.1, 0.15) is 5.76 Å². The molecule has 0 saturated carbocycles. The molecular weight excluding hydrogens is 361 g/mol. The monoisotopic (exact) mass is 381 g/mol. The molecule has 0 radical (unpaired) electrons. The maximum Gasteiger partial charge on any atom is 0.524 e. The average Bonchev–Trinajstić information content (AvgIpc) is 2.81. The second-order valence-corrected chi connectivity index (χ2v) is 7.47. The van der Waals surface area contributed by atoms with Crippen LogP contribution in [0.4, 0.5) is 0 Å². The van der Waals surface area contributed by atoms with Gasteiger partial charge in [-0.2, -0.15) is 0 Å². The van der Waals surface area contributed by atoms with Crippen molar-refractivity contribution in [3.05, 3.63) is 89.7 Å². The van der Waals surface area contributed by atoms with Gasteiger partial charge in [-0.15, -0.1) is 0 Å². The minimum Gasteiger partial charge on any atom is -0.405 e. The molecule has 1 aliphatic rings. The third-order valence-electron chi connectivity index (χ3n) is 4.15. The Balaban J connectivity index is 1.81. The highest BCUT2D eigenvalue weighted by molar-refractivity contribution is 7.46. The molecular formula is C21H20NO4P. The Morgan fingerprint density at radius 1 is 0.926 bits per heavy atom. The van der Waals surface area contributed by atoms with E-state index in [2.05, 4.69) is 0 Å². The predicted octanol–water partition coefficient (Wildman–Crippen LogP) is 4.93. The van der Waals surface area contributed by atoms with Crippen molar-refractivity contribution in [3.63, 3.8) is 0 Å². The minimum atomic E-state index is -4.57. The van der Waals surface area contributed by atoms with Crippen molar-refractivity contribution in [2.75, 3.05) is 0 Å². The molecule has 0 heterocycles. The molecule has 3 rings (SSSR count). The molecule has 1 aliphatic carbocycles. The highest BCUT2D eigenvalue weighted by Gasteiger charge is 2.18. The van der Waals surface area contributed by atoms with E-state index in [1.807, 2.05) is 61.5 Å². The molecule has 27 heavy (non-hydrogen) atoms. The van der Waals surface area contributed by atoms with Crippen LogP contribution in [0.5, 0.6) is 0 Å². The van der Waals surface area contributed by atoms with Gasteiger partial charge in [0.15, 0.2) is 0 Å². The molecule has 1 atom stereocenters. The summed E-state index contributed by atoms with van der Waals surface area (Å²) in [7, 11) is -4.57. The largest absolute Gasteiger partial charge is 0.524 e. The molecule has 5 nitrogen and oxygen atoms in total. The van der Waals surface area contributed by atoms with E-state index in [-0.39, 0.29) is 11.7 Å². The summed E-state index contributed by atoms with van der Waals surface area (Å²) >= 11 is 0. The molecule has 0 spiro atoms. The van der Waals surface area contributed by atoms with Crippen LogP contribution in [0, 0.1) is 11.3 Å². The zero-order valence-corrected chi connectivity index (χ0v) is 15.6. The van der Waals surface area contributed by atoms with Gasteiger partial charge in [-0.3, -0.25) is 9.79 Å². The van der Waals surface area contributed by atoms with Crippen LogP contribution in [0.15, 0.2) is 78.6 Å². The van der Waals surface area contributed by atoms with Gasteiger partial charge in [0, 0.05) is 6.21 Å². The lowest BCUT2D eigenvalue weighted by Crippen LogP contribution is -1.90. The molecule has 138 valence electrons. The number of phosphoric acid groups is 1. The van der Waals surface area contributed by atoms with E-state index in [0.717, 1.165) is 27.8 Å². The summed E-state index contributed by atoms with van der Waals surface area (Å²) in [6.07, 6.45) is 8.36. The van der Waals surface area contributed by atoms with Crippen molar-refractivity contribution < 1.29 is 18.9 Å². The molecule has 6 heteroatoms. The van der Waals surface area contributed by atoms with Gasteiger partial charge in [0.25, 0.3) is 0 Å². The van der Waals surface area contributed by atoms with Gasteiger partial charge in [0.2, 0.25) is 0 Å². The van der Waals surface area contributed by atoms with E-state index < -0.39 is 7.82 Å². The van der Waals surface area contributed by atoms with E-state index in [1.54, 1.807) is 18.2 Å². The lowest BCUT2D eigenvalue weighted by molar-refractivity contribution is 0.247. The third kappa shape index (κ3) is 5.14. The molecule has 0 fully saturated rings. The number of nitrogens with one attached hydrogen (secondary N) is 1. The first-order valence-corrected chi connectivity index (χ1v) is 9.95. The van der Waals surface area contributed by atoms with E-state index in [0.29, 0.717) is 0 Å². The van der Waals surface area contributed by atoms with Crippen LogP contribution in [0.25, 0.3) is 16.7 Å². The number of hydrogen-bond donors (Lipinski definition) is 3. The first kappa shape index (κ1) is 19.1. The standard InChI is InChI=1S/C21H20NO4P/c1-15-12-20(10-11-21(13-15)26-27(23,24)25)19-8-6-18(7-9-19)17-4-2-16(14-22)3-5-17/h2-15,22H,1H3,(H2,23,24,25). The summed E-state index contributed by atoms with van der Waals surface area (Å²) in [5.74, 6) is 0.120. The van der Waals surface area contributed by atoms with Gasteiger partial charge in [-0.05, 0) is 45.9 Å². The van der Waals surface area contributed by atoms with Gasteiger partial charge in [0.05, 0.1) is 0 Å². The fraction of sp³-hybridized carbons (Fsp3) is 0.0952. The van der Waals surface area contributed by atoms with Crippen LogP contribution in [-0.4, -0.2) is 16.0 Å². The number of allylic oxidation sites excluding steroid dienone is 5. The summed E-state index contributed by atoms with van der Waals surface area (Å²) in [6, 6.07) is 15.9. The Labute approximate surface area is 158 Å². The van der Waals surface area contributed by atoms with E-state index >= 15 is 0 Å². The highest BCUT2D eigenvalue weighted by atomic mass is 31.2. The van der Waals surface area contributed by atoms with Crippen molar-refractivity contribution >= 4 is 19.6 Å². The molecule has 0 amide bonds. The zero-order chi connectivity index (χ0) is 19.4. The molecule has 0 saturated heterocycles. The maximum atomic E-state index is 11.1. The van der Waals surface area contributed by atoms with Crippen molar-refractivity contribution in [3.8, 4) is 11.1 Å². The maximum absolute atomic E-state index is 11.1. The van der Waals surface area contributed by atoms with Crippen LogP contribution in [-0.2, 0) is 9.09 Å². The average molecular weight is 381 g/mol. The summed E-state index contributed by atoms with van der Waals surface area (Å²) in [6.45, 7) is 1.93. The fourth-order valence-electron chi connectivity index (χ4n) is 2.89. The summed E-state index contributed by atoms with van der Waals surface area (Å²) in [5.41, 5.74) is 4.96. The van der Waals surface area contributed by atoms with Crippen molar-refractivity contribution in [1.29, 1.82) is 5.41 Å². The Hall–Kier alpha value is -2.72. The van der Waals surface area contributed by atoms with Crippen molar-refractivity contribution in [2.45, 2.75) is 6.92 Å². The van der Waals surface area contributed by atoms with Gasteiger partial charge in [-0.1, -0.05) is 67.6 Å². The predicted molar refractivity (Wildman–Crippen MR) is 107 cm³/mol. The number of phosphoric ester groups is 1. The third-order valence-corrected chi connectivity index (χ3v) is 4.60. The molecule has 0 bridgehead atoms. The van der Waals surface area contributed by atoms with Crippen LogP contribution < -0.4 is 0 Å². The first-order valence-electron chi connectivity index (χ1n) is 8.42. The Morgan fingerprint density at radius 3 is 2.04 bits per heavy atom. The van der Waals surface area contributed by atoms with Crippen LogP contribution in [0.2, 0.25) is 0 Å². The SMILES string of the molecule is CC1C=C(OP(=O)(O)O)C=CC(c2ccc(-c3ccc(C=N)cc3)cc2)=C1. The van der Waals surface area contributed by atoms with E-state index in [9.17, 15) is 4.57 Å². The number of rotatable bonds is 5. The molecule has 0 aliphatic heterocycles. The Morgan fingerprint density at radius 2 is 1.48 bits per heavy atom. The first-order chi connectivity index (χ1) is 12.8. The van der Waals surface area contributed by atoms with Crippen molar-refractivity contribution in [1.82, 2.24) is 0 Å². The number of hydrogen-bond acceptors (Lipinski definition) is 3. The lowest BCUT2D eigenvalue weighted by Gasteiger charge is -2.07. The zero-order valence-electron chi connectivity index (χ0n) is 14.7. The normalized spacial score (nSPS) is 16.9. The second-order valence-electron chi connectivity index (χ2n) is 6.31.